The third-order valence-electron chi connectivity index (χ3n) is 3.83. The summed E-state index contributed by atoms with van der Waals surface area (Å²) >= 11 is 0. The van der Waals surface area contributed by atoms with Crippen LogP contribution in [-0.4, -0.2) is 33.1 Å². The van der Waals surface area contributed by atoms with E-state index < -0.39 is 17.1 Å². The van der Waals surface area contributed by atoms with Crippen molar-refractivity contribution < 1.29 is 9.90 Å². The summed E-state index contributed by atoms with van der Waals surface area (Å²) in [6, 6.07) is 0. The monoisotopic (exact) mass is 281 g/mol. The van der Waals surface area contributed by atoms with Crippen LogP contribution >= 0.6 is 0 Å². The largest absolute Gasteiger partial charge is 0.388 e. The van der Waals surface area contributed by atoms with E-state index in [0.717, 1.165) is 6.42 Å². The Morgan fingerprint density at radius 1 is 1.50 bits per heavy atom. The lowest BCUT2D eigenvalue weighted by atomic mass is 9.88. The van der Waals surface area contributed by atoms with Crippen LogP contribution in [0.2, 0.25) is 0 Å². The first-order valence-corrected chi connectivity index (χ1v) is 6.77. The number of hydrogen-bond acceptors (Lipinski definition) is 4. The summed E-state index contributed by atoms with van der Waals surface area (Å²) in [5.41, 5.74) is -0.472. The maximum absolute atomic E-state index is 12.0. The summed E-state index contributed by atoms with van der Waals surface area (Å²) in [5, 5.41) is 12.8. The number of aromatic nitrogens is 2. The van der Waals surface area contributed by atoms with Crippen molar-refractivity contribution in [1.82, 2.24) is 15.3 Å². The highest BCUT2D eigenvalue weighted by atomic mass is 16.3. The van der Waals surface area contributed by atoms with Crippen LogP contribution in [0.3, 0.4) is 0 Å². The molecule has 112 valence electrons. The first-order valence-electron chi connectivity index (χ1n) is 6.77. The Labute approximate surface area is 118 Å². The Balaban J connectivity index is 2.83. The van der Waals surface area contributed by atoms with Gasteiger partial charge in [-0.05, 0) is 26.7 Å². The number of carbonyl (C=O) groups excluding carboxylic acids is 1. The van der Waals surface area contributed by atoms with Crippen LogP contribution in [0.25, 0.3) is 0 Å². The van der Waals surface area contributed by atoms with E-state index in [-0.39, 0.29) is 18.2 Å². The number of rotatable bonds is 5. The molecule has 0 aliphatic rings. The predicted octanol–water partition coefficient (Wildman–Crippen LogP) is 0.914. The van der Waals surface area contributed by atoms with Crippen molar-refractivity contribution in [3.05, 3.63) is 27.4 Å². The Bertz CT molecular complexity index is 549. The Morgan fingerprint density at radius 2 is 2.10 bits per heavy atom. The Morgan fingerprint density at radius 3 is 2.65 bits per heavy atom. The van der Waals surface area contributed by atoms with E-state index in [1.807, 2.05) is 13.8 Å². The van der Waals surface area contributed by atoms with E-state index in [0.29, 0.717) is 11.4 Å². The van der Waals surface area contributed by atoms with E-state index in [2.05, 4.69) is 15.3 Å². The first-order chi connectivity index (χ1) is 9.19. The molecule has 2 unspecified atom stereocenters. The van der Waals surface area contributed by atoms with Crippen LogP contribution in [0.4, 0.5) is 0 Å². The molecule has 6 nitrogen and oxygen atoms in total. The fraction of sp³-hybridized carbons (Fsp3) is 0.643. The minimum Gasteiger partial charge on any atom is -0.388 e. The van der Waals surface area contributed by atoms with Crippen molar-refractivity contribution in [2.45, 2.75) is 46.6 Å². The Kier molecular flexibility index (Phi) is 5.05. The molecular formula is C14H23N3O3. The zero-order chi connectivity index (χ0) is 15.5. The van der Waals surface area contributed by atoms with Gasteiger partial charge in [0, 0.05) is 12.2 Å². The van der Waals surface area contributed by atoms with E-state index in [1.165, 1.54) is 0 Å². The van der Waals surface area contributed by atoms with Gasteiger partial charge in [-0.25, -0.2) is 4.98 Å². The van der Waals surface area contributed by atoms with E-state index in [9.17, 15) is 14.7 Å². The molecule has 3 N–H and O–H groups in total. The van der Waals surface area contributed by atoms with Crippen molar-refractivity contribution in [1.29, 1.82) is 0 Å². The SMILES string of the molecule is CCC(C)C(C)(O)CNC(=O)c1nc(C)c(C)[nH]c1=O. The molecule has 0 saturated heterocycles. The summed E-state index contributed by atoms with van der Waals surface area (Å²) in [6.07, 6.45) is 0.797. The van der Waals surface area contributed by atoms with Gasteiger partial charge in [0.25, 0.3) is 11.5 Å². The van der Waals surface area contributed by atoms with Gasteiger partial charge in [-0.1, -0.05) is 20.3 Å². The number of H-pyrrole nitrogens is 1. The van der Waals surface area contributed by atoms with Crippen molar-refractivity contribution >= 4 is 5.91 Å². The summed E-state index contributed by atoms with van der Waals surface area (Å²) in [4.78, 5) is 30.3. The smallest absolute Gasteiger partial charge is 0.279 e. The molecule has 1 aromatic rings. The third-order valence-corrected chi connectivity index (χ3v) is 3.83. The number of aromatic amines is 1. The van der Waals surface area contributed by atoms with Crippen LogP contribution in [-0.2, 0) is 0 Å². The number of nitrogens with one attached hydrogen (secondary N) is 2. The molecule has 0 aromatic carbocycles. The lowest BCUT2D eigenvalue weighted by molar-refractivity contribution is 0.00586. The molecule has 20 heavy (non-hydrogen) atoms. The van der Waals surface area contributed by atoms with Gasteiger partial charge in [-0.3, -0.25) is 9.59 Å². The molecule has 0 radical (unpaired) electrons. The van der Waals surface area contributed by atoms with Crippen LogP contribution in [0.15, 0.2) is 4.79 Å². The molecule has 0 aliphatic heterocycles. The van der Waals surface area contributed by atoms with Crippen molar-refractivity contribution in [3.63, 3.8) is 0 Å². The van der Waals surface area contributed by atoms with Crippen LogP contribution in [0.1, 0.15) is 49.1 Å². The standard InChI is InChI=1S/C14H23N3O3/c1-6-8(2)14(5,20)7-15-12(18)11-13(19)17-10(4)9(3)16-11/h8,20H,6-7H2,1-5H3,(H,15,18)(H,17,19). The second kappa shape index (κ2) is 6.17. The summed E-state index contributed by atoms with van der Waals surface area (Å²) < 4.78 is 0. The van der Waals surface area contributed by atoms with Gasteiger partial charge in [0.2, 0.25) is 0 Å². The lowest BCUT2D eigenvalue weighted by Crippen LogP contribution is -2.46. The zero-order valence-electron chi connectivity index (χ0n) is 12.7. The predicted molar refractivity (Wildman–Crippen MR) is 76.7 cm³/mol. The van der Waals surface area contributed by atoms with Gasteiger partial charge in [-0.15, -0.1) is 0 Å². The van der Waals surface area contributed by atoms with E-state index in [1.54, 1.807) is 20.8 Å². The summed E-state index contributed by atoms with van der Waals surface area (Å²) in [7, 11) is 0. The molecule has 0 fully saturated rings. The average Bonchev–Trinajstić information content (AvgIpc) is 2.39. The van der Waals surface area contributed by atoms with Crippen molar-refractivity contribution in [3.8, 4) is 0 Å². The summed E-state index contributed by atoms with van der Waals surface area (Å²) in [5.74, 6) is -0.535. The maximum atomic E-state index is 12.0. The molecule has 0 aliphatic carbocycles. The molecule has 1 aromatic heterocycles. The topological polar surface area (TPSA) is 95.1 Å². The van der Waals surface area contributed by atoms with Gasteiger partial charge in [0.15, 0.2) is 5.69 Å². The van der Waals surface area contributed by atoms with Gasteiger partial charge in [0.1, 0.15) is 0 Å². The normalized spacial score (nSPS) is 15.5. The highest BCUT2D eigenvalue weighted by molar-refractivity contribution is 5.91. The van der Waals surface area contributed by atoms with Gasteiger partial charge < -0.3 is 15.4 Å². The fourth-order valence-corrected chi connectivity index (χ4v) is 1.73. The molecule has 1 amide bonds. The second-order valence-corrected chi connectivity index (χ2v) is 5.47. The average molecular weight is 281 g/mol. The fourth-order valence-electron chi connectivity index (χ4n) is 1.73. The third kappa shape index (κ3) is 3.66. The number of aliphatic hydroxyl groups is 1. The number of amides is 1. The first kappa shape index (κ1) is 16.4. The Hall–Kier alpha value is -1.69. The lowest BCUT2D eigenvalue weighted by Gasteiger charge is -2.29. The minimum atomic E-state index is -1.02. The zero-order valence-corrected chi connectivity index (χ0v) is 12.7. The molecule has 1 heterocycles. The van der Waals surface area contributed by atoms with E-state index >= 15 is 0 Å². The number of nitrogens with zero attached hydrogens (tertiary/aromatic N) is 1. The second-order valence-electron chi connectivity index (χ2n) is 5.47. The molecule has 0 spiro atoms. The van der Waals surface area contributed by atoms with E-state index in [4.69, 9.17) is 0 Å². The van der Waals surface area contributed by atoms with Crippen molar-refractivity contribution in [2.24, 2.45) is 5.92 Å². The molecule has 2 atom stereocenters. The number of carbonyl (C=O) groups is 1. The maximum Gasteiger partial charge on any atom is 0.279 e. The van der Waals surface area contributed by atoms with Gasteiger partial charge in [-0.2, -0.15) is 0 Å². The van der Waals surface area contributed by atoms with Crippen LogP contribution < -0.4 is 10.9 Å². The van der Waals surface area contributed by atoms with Gasteiger partial charge in [0.05, 0.1) is 11.3 Å². The summed E-state index contributed by atoms with van der Waals surface area (Å²) in [6.45, 7) is 9.06. The molecule has 0 saturated carbocycles. The van der Waals surface area contributed by atoms with Crippen LogP contribution in [0, 0.1) is 19.8 Å². The van der Waals surface area contributed by atoms with Gasteiger partial charge >= 0.3 is 0 Å². The van der Waals surface area contributed by atoms with Crippen molar-refractivity contribution in [2.75, 3.05) is 6.54 Å². The number of hydrogen-bond donors (Lipinski definition) is 3. The minimum absolute atomic E-state index is 0.0359. The molecular weight excluding hydrogens is 258 g/mol. The molecule has 0 bridgehead atoms. The molecule has 1 rings (SSSR count). The quantitative estimate of drug-likeness (QED) is 0.747. The highest BCUT2D eigenvalue weighted by Crippen LogP contribution is 2.18. The highest BCUT2D eigenvalue weighted by Gasteiger charge is 2.28. The number of aryl methyl sites for hydroxylation is 2. The molecule has 6 heteroatoms. The van der Waals surface area contributed by atoms with Crippen LogP contribution in [0.5, 0.6) is 0 Å².